The molecule has 234 valence electrons. The Morgan fingerprint density at radius 1 is 1.11 bits per heavy atom. The van der Waals surface area contributed by atoms with Gasteiger partial charge < -0.3 is 24.1 Å². The van der Waals surface area contributed by atoms with Crippen LogP contribution in [-0.4, -0.2) is 60.9 Å². The first-order valence-electron chi connectivity index (χ1n) is 14.6. The van der Waals surface area contributed by atoms with E-state index in [2.05, 4.69) is 9.88 Å². The Morgan fingerprint density at radius 2 is 1.80 bits per heavy atom. The zero-order valence-corrected chi connectivity index (χ0v) is 25.8. The average molecular weight is 650 g/mol. The van der Waals surface area contributed by atoms with Gasteiger partial charge in [-0.3, -0.25) is 4.90 Å². The Kier molecular flexibility index (Phi) is 8.52. The van der Waals surface area contributed by atoms with Gasteiger partial charge in [0.15, 0.2) is 0 Å². The fraction of sp³-hybridized carbons (Fsp3) is 0.438. The molecule has 1 N–H and O–H groups in total. The number of aromatic nitrogens is 1. The number of nitrogens with zero attached hydrogens (tertiary/aromatic N) is 2. The van der Waals surface area contributed by atoms with Crippen molar-refractivity contribution in [2.24, 2.45) is 0 Å². The third-order valence-corrected chi connectivity index (χ3v) is 9.40. The Labute approximate surface area is 263 Å². The van der Waals surface area contributed by atoms with Gasteiger partial charge in [-0.15, -0.1) is 0 Å². The molecule has 1 atom stereocenters. The van der Waals surface area contributed by atoms with Gasteiger partial charge in [0.25, 0.3) is 0 Å². The number of halogens is 4. The first-order valence-corrected chi connectivity index (χ1v) is 15.4. The maximum atomic E-state index is 13.4. The van der Waals surface area contributed by atoms with Crippen LogP contribution in [0, 0.1) is 0 Å². The minimum atomic E-state index is -3.04. The van der Waals surface area contributed by atoms with Crippen molar-refractivity contribution in [2.45, 2.75) is 57.0 Å². The Morgan fingerprint density at radius 3 is 2.39 bits per heavy atom. The lowest BCUT2D eigenvalue weighted by Crippen LogP contribution is -2.33. The molecule has 0 amide bonds. The minimum absolute atomic E-state index is 0.00225. The van der Waals surface area contributed by atoms with E-state index in [4.69, 9.17) is 42.1 Å². The molecule has 8 nitrogen and oxygen atoms in total. The Bertz CT molecular complexity index is 1570. The van der Waals surface area contributed by atoms with Crippen LogP contribution in [0.15, 0.2) is 30.3 Å². The standard InChI is InChI=1S/C32H32Cl2F2N2O6/c1-32(24-25(33)28-37-29(44-28)26(24)34,20-10-11-22(43-31(35)36)23(17-6-7-17)27(20)41-2)21-16-18(8-9-19(21)30(39)40)42-15-14-38-12-4-3-5-13-38/h8-11,16-17,31H,3-7,12-15H2,1-2H3,(H,39,40). The van der Waals surface area contributed by atoms with E-state index < -0.39 is 18.0 Å². The summed E-state index contributed by atoms with van der Waals surface area (Å²) < 4.78 is 49.4. The molecule has 1 saturated carbocycles. The summed E-state index contributed by atoms with van der Waals surface area (Å²) in [6.45, 7) is 1.93. The molecule has 1 unspecified atom stereocenters. The number of hydrogen-bond donors (Lipinski definition) is 1. The van der Waals surface area contributed by atoms with E-state index >= 15 is 0 Å². The zero-order valence-electron chi connectivity index (χ0n) is 24.3. The van der Waals surface area contributed by atoms with Gasteiger partial charge in [0.2, 0.25) is 11.8 Å². The topological polar surface area (TPSA) is 90.4 Å². The van der Waals surface area contributed by atoms with Crippen molar-refractivity contribution < 1.29 is 37.6 Å². The number of alkyl halides is 2. The number of aromatic carboxylic acids is 1. The predicted octanol–water partition coefficient (Wildman–Crippen LogP) is 7.90. The van der Waals surface area contributed by atoms with Crippen LogP contribution in [0.25, 0.3) is 0 Å². The largest absolute Gasteiger partial charge is 0.496 e. The smallest absolute Gasteiger partial charge is 0.387 e. The molecule has 12 heteroatoms. The van der Waals surface area contributed by atoms with E-state index in [0.717, 1.165) is 45.3 Å². The summed E-state index contributed by atoms with van der Waals surface area (Å²) >= 11 is 13.7. The van der Waals surface area contributed by atoms with Gasteiger partial charge in [0.1, 0.15) is 33.9 Å². The number of rotatable bonds is 12. The number of likely N-dealkylation sites (tertiary alicyclic amines) is 1. The van der Waals surface area contributed by atoms with E-state index in [1.807, 2.05) is 0 Å². The van der Waals surface area contributed by atoms with Gasteiger partial charge in [-0.25, -0.2) is 4.79 Å². The number of fused-ring (bicyclic) bond motifs is 2. The number of carbonyl (C=O) groups is 1. The lowest BCUT2D eigenvalue weighted by molar-refractivity contribution is -0.0505. The van der Waals surface area contributed by atoms with Crippen LogP contribution in [0.1, 0.15) is 77.6 Å². The van der Waals surface area contributed by atoms with Crippen LogP contribution in [-0.2, 0) is 5.41 Å². The number of pyridine rings is 1. The fourth-order valence-electron chi connectivity index (χ4n) is 6.38. The van der Waals surface area contributed by atoms with Crippen LogP contribution in [0.5, 0.6) is 29.0 Å². The van der Waals surface area contributed by atoms with Crippen LogP contribution in [0.2, 0.25) is 10.0 Å². The molecule has 1 aromatic heterocycles. The molecule has 0 spiro atoms. The van der Waals surface area contributed by atoms with Crippen LogP contribution < -0.4 is 18.9 Å². The summed E-state index contributed by atoms with van der Waals surface area (Å²) in [5.74, 6) is -0.203. The van der Waals surface area contributed by atoms with Gasteiger partial charge in [-0.1, -0.05) is 35.7 Å². The highest BCUT2D eigenvalue weighted by Crippen LogP contribution is 2.59. The third kappa shape index (κ3) is 5.52. The number of methoxy groups -OCH3 is 1. The van der Waals surface area contributed by atoms with E-state index in [-0.39, 0.29) is 44.8 Å². The molecule has 7 rings (SSSR count). The maximum Gasteiger partial charge on any atom is 0.387 e. The second-order valence-corrected chi connectivity index (χ2v) is 12.2. The molecular weight excluding hydrogens is 617 g/mol. The SMILES string of the molecule is COc1c(C(C)(c2cc(OCCN3CCCCC3)ccc2C(=O)O)c2c(Cl)c3nc(c2Cl)O3)ccc(OC(F)F)c1C1CC1. The first-order chi connectivity index (χ1) is 21.1. The van der Waals surface area contributed by atoms with Crippen molar-refractivity contribution in [1.82, 2.24) is 9.88 Å². The molecule has 2 bridgehead atoms. The fourth-order valence-corrected chi connectivity index (χ4v) is 7.16. The summed E-state index contributed by atoms with van der Waals surface area (Å²) in [6.07, 6.45) is 5.06. The van der Waals surface area contributed by atoms with Crippen LogP contribution in [0.3, 0.4) is 0 Å². The molecule has 4 heterocycles. The maximum absolute atomic E-state index is 13.4. The van der Waals surface area contributed by atoms with Crippen molar-refractivity contribution in [2.75, 3.05) is 33.4 Å². The van der Waals surface area contributed by atoms with Gasteiger partial charge in [0, 0.05) is 23.2 Å². The normalized spacial score (nSPS) is 17.4. The van der Waals surface area contributed by atoms with Gasteiger partial charge in [-0.05, 0) is 81.4 Å². The predicted molar refractivity (Wildman–Crippen MR) is 161 cm³/mol. The average Bonchev–Trinajstić information content (AvgIpc) is 3.81. The zero-order chi connectivity index (χ0) is 31.2. The second kappa shape index (κ2) is 12.2. The lowest BCUT2D eigenvalue weighted by Gasteiger charge is -2.38. The summed E-state index contributed by atoms with van der Waals surface area (Å²) in [6, 6.07) is 7.84. The molecule has 2 fully saturated rings. The number of benzene rings is 2. The Balaban J connectivity index is 1.54. The van der Waals surface area contributed by atoms with Gasteiger partial charge in [-0.2, -0.15) is 13.8 Å². The van der Waals surface area contributed by atoms with Gasteiger partial charge in [0.05, 0.1) is 18.1 Å². The number of ether oxygens (including phenoxy) is 4. The quantitative estimate of drug-likeness (QED) is 0.166. The van der Waals surface area contributed by atoms with Crippen LogP contribution in [0.4, 0.5) is 8.78 Å². The van der Waals surface area contributed by atoms with E-state index in [0.29, 0.717) is 34.6 Å². The molecule has 4 aliphatic rings. The monoisotopic (exact) mass is 648 g/mol. The highest BCUT2D eigenvalue weighted by Gasteiger charge is 2.46. The third-order valence-electron chi connectivity index (χ3n) is 8.70. The number of carboxylic acids is 1. The van der Waals surface area contributed by atoms with Crippen molar-refractivity contribution in [1.29, 1.82) is 0 Å². The highest BCUT2D eigenvalue weighted by molar-refractivity contribution is 6.38. The minimum Gasteiger partial charge on any atom is -0.496 e. The summed E-state index contributed by atoms with van der Waals surface area (Å²) in [5.41, 5.74) is 0.192. The molecule has 1 aliphatic carbocycles. The molecular formula is C32H32Cl2F2N2O6. The molecule has 3 aliphatic heterocycles. The van der Waals surface area contributed by atoms with Crippen LogP contribution >= 0.6 is 23.2 Å². The summed E-state index contributed by atoms with van der Waals surface area (Å²) in [5, 5.41) is 10.6. The van der Waals surface area contributed by atoms with Crippen molar-refractivity contribution in [3.05, 3.63) is 68.2 Å². The number of piperidine rings is 1. The van der Waals surface area contributed by atoms with Gasteiger partial charge >= 0.3 is 12.6 Å². The number of carboxylic acid groups (broad SMARTS) is 1. The van der Waals surface area contributed by atoms with E-state index in [9.17, 15) is 18.7 Å². The molecule has 0 radical (unpaired) electrons. The van der Waals surface area contributed by atoms with Crippen molar-refractivity contribution >= 4 is 29.2 Å². The molecule has 44 heavy (non-hydrogen) atoms. The molecule has 2 aromatic carbocycles. The molecule has 1 saturated heterocycles. The lowest BCUT2D eigenvalue weighted by atomic mass is 9.68. The number of hydrogen-bond acceptors (Lipinski definition) is 7. The second-order valence-electron chi connectivity index (χ2n) is 11.4. The highest BCUT2D eigenvalue weighted by atomic mass is 35.5. The van der Waals surface area contributed by atoms with E-state index in [1.165, 1.54) is 25.7 Å². The van der Waals surface area contributed by atoms with Crippen molar-refractivity contribution in [3.63, 3.8) is 0 Å². The van der Waals surface area contributed by atoms with E-state index in [1.54, 1.807) is 25.1 Å². The Hall–Kier alpha value is -3.34. The van der Waals surface area contributed by atoms with Crippen molar-refractivity contribution in [3.8, 4) is 29.0 Å². The summed E-state index contributed by atoms with van der Waals surface area (Å²) in [7, 11) is 1.44. The summed E-state index contributed by atoms with van der Waals surface area (Å²) in [4.78, 5) is 19.3. The first kappa shape index (κ1) is 30.7. The molecule has 3 aromatic rings.